The van der Waals surface area contributed by atoms with Crippen molar-refractivity contribution in [1.82, 2.24) is 0 Å². The van der Waals surface area contributed by atoms with Gasteiger partial charge in [0.25, 0.3) is 0 Å². The Morgan fingerprint density at radius 2 is 2.36 bits per heavy atom. The molecular weight excluding hydrogens is 146 g/mol. The molecule has 1 fully saturated rings. The minimum atomic E-state index is -0.117. The molecule has 0 aromatic rings. The molecule has 0 saturated carbocycles. The van der Waals surface area contributed by atoms with Gasteiger partial charge in [0.2, 0.25) is 0 Å². The van der Waals surface area contributed by atoms with Crippen molar-refractivity contribution in [2.45, 2.75) is 6.42 Å². The third kappa shape index (κ3) is 1.83. The highest BCUT2D eigenvalue weighted by atomic mass is 16.5. The Hall–Kier alpha value is -0.770. The van der Waals surface area contributed by atoms with E-state index in [2.05, 4.69) is 10.0 Å². The fourth-order valence-electron chi connectivity index (χ4n) is 1.04. The molecule has 1 saturated heterocycles. The Morgan fingerprint density at radius 1 is 1.64 bits per heavy atom. The Balaban J connectivity index is 2.26. The van der Waals surface area contributed by atoms with E-state index in [1.165, 1.54) is 0 Å². The van der Waals surface area contributed by atoms with Gasteiger partial charge in [0, 0.05) is 16.9 Å². The van der Waals surface area contributed by atoms with Crippen molar-refractivity contribution in [2.75, 3.05) is 26.4 Å². The summed E-state index contributed by atoms with van der Waals surface area (Å²) in [6.45, 7) is 1.74. The summed E-state index contributed by atoms with van der Waals surface area (Å²) in [4.78, 5) is 2.63. The molecule has 5 heteroatoms. The van der Waals surface area contributed by atoms with Crippen LogP contribution < -0.4 is 0 Å². The minimum absolute atomic E-state index is 0.117. The van der Waals surface area contributed by atoms with E-state index in [1.807, 2.05) is 0 Å². The van der Waals surface area contributed by atoms with Gasteiger partial charge in [-0.1, -0.05) is 5.11 Å². The largest absolute Gasteiger partial charge is 0.396 e. The first-order valence-corrected chi connectivity index (χ1v) is 3.52. The van der Waals surface area contributed by atoms with Gasteiger partial charge in [-0.15, -0.1) is 0 Å². The van der Waals surface area contributed by atoms with Crippen LogP contribution in [0.25, 0.3) is 10.4 Å². The van der Waals surface area contributed by atoms with Crippen molar-refractivity contribution in [3.05, 3.63) is 10.4 Å². The minimum Gasteiger partial charge on any atom is -0.396 e. The molecule has 62 valence electrons. The maximum absolute atomic E-state index is 8.92. The molecule has 5 nitrogen and oxygen atoms in total. The van der Waals surface area contributed by atoms with Gasteiger partial charge < -0.3 is 9.84 Å². The molecule has 1 aliphatic rings. The molecule has 1 rings (SSSR count). The zero-order chi connectivity index (χ0) is 8.16. The number of aliphatic hydroxyl groups is 1. The van der Waals surface area contributed by atoms with Crippen molar-refractivity contribution in [3.8, 4) is 0 Å². The van der Waals surface area contributed by atoms with Crippen molar-refractivity contribution < 1.29 is 9.84 Å². The maximum atomic E-state index is 8.92. The number of hydrogen-bond donors (Lipinski definition) is 1. The third-order valence-corrected chi connectivity index (χ3v) is 1.96. The van der Waals surface area contributed by atoms with Crippen molar-refractivity contribution in [3.63, 3.8) is 0 Å². The molecule has 0 bridgehead atoms. The van der Waals surface area contributed by atoms with Crippen LogP contribution in [0, 0.1) is 5.41 Å². The van der Waals surface area contributed by atoms with Crippen LogP contribution in [0.1, 0.15) is 6.42 Å². The predicted octanol–water partition coefficient (Wildman–Crippen LogP) is 0.696. The zero-order valence-electron chi connectivity index (χ0n) is 6.23. The van der Waals surface area contributed by atoms with Crippen LogP contribution in [-0.4, -0.2) is 31.5 Å². The number of aliphatic hydroxyl groups excluding tert-OH is 1. The van der Waals surface area contributed by atoms with E-state index in [-0.39, 0.29) is 12.0 Å². The number of rotatable bonds is 4. The lowest BCUT2D eigenvalue weighted by molar-refractivity contribution is -0.139. The Morgan fingerprint density at radius 3 is 2.73 bits per heavy atom. The summed E-state index contributed by atoms with van der Waals surface area (Å²) >= 11 is 0. The molecule has 0 aromatic heterocycles. The van der Waals surface area contributed by atoms with Gasteiger partial charge in [0.1, 0.15) is 0 Å². The number of ether oxygens (including phenoxy) is 1. The number of nitrogens with zero attached hydrogens (tertiary/aromatic N) is 3. The van der Waals surface area contributed by atoms with E-state index >= 15 is 0 Å². The van der Waals surface area contributed by atoms with Crippen LogP contribution in [0.4, 0.5) is 0 Å². The Labute approximate surface area is 64.6 Å². The normalized spacial score (nSPS) is 20.1. The summed E-state index contributed by atoms with van der Waals surface area (Å²) < 4.78 is 4.97. The fraction of sp³-hybridized carbons (Fsp3) is 1.00. The summed E-state index contributed by atoms with van der Waals surface area (Å²) in [7, 11) is 0. The second-order valence-electron chi connectivity index (χ2n) is 2.86. The first-order valence-electron chi connectivity index (χ1n) is 3.52. The highest BCUT2D eigenvalue weighted by molar-refractivity contribution is 4.85. The van der Waals surface area contributed by atoms with Gasteiger partial charge in [-0.3, -0.25) is 0 Å². The van der Waals surface area contributed by atoms with Crippen LogP contribution in [-0.2, 0) is 4.74 Å². The van der Waals surface area contributed by atoms with Gasteiger partial charge in [-0.05, 0) is 12.0 Å². The molecule has 0 aliphatic carbocycles. The molecule has 0 aromatic carbocycles. The summed E-state index contributed by atoms with van der Waals surface area (Å²) in [5, 5.41) is 12.3. The smallest absolute Gasteiger partial charge is 0.0566 e. The van der Waals surface area contributed by atoms with E-state index < -0.39 is 0 Å². The van der Waals surface area contributed by atoms with Crippen LogP contribution in [0.5, 0.6) is 0 Å². The summed E-state index contributed by atoms with van der Waals surface area (Å²) in [6, 6.07) is 0. The molecule has 1 heterocycles. The SMILES string of the molecule is [N-]=[N+]=NCCC1(CO)COC1. The second kappa shape index (κ2) is 3.57. The fourth-order valence-corrected chi connectivity index (χ4v) is 1.04. The van der Waals surface area contributed by atoms with Crippen molar-refractivity contribution >= 4 is 0 Å². The summed E-state index contributed by atoms with van der Waals surface area (Å²) in [5.41, 5.74) is 7.87. The molecule has 0 unspecified atom stereocenters. The Bertz CT molecular complexity index is 167. The molecule has 0 spiro atoms. The third-order valence-electron chi connectivity index (χ3n) is 1.96. The van der Waals surface area contributed by atoms with Gasteiger partial charge in [-0.2, -0.15) is 0 Å². The van der Waals surface area contributed by atoms with Gasteiger partial charge in [0.05, 0.1) is 19.8 Å². The molecule has 1 N–H and O–H groups in total. The van der Waals surface area contributed by atoms with Crippen LogP contribution in [0.3, 0.4) is 0 Å². The summed E-state index contributed by atoms with van der Waals surface area (Å²) in [6.07, 6.45) is 0.716. The molecule has 1 aliphatic heterocycles. The average molecular weight is 157 g/mol. The van der Waals surface area contributed by atoms with Crippen LogP contribution >= 0.6 is 0 Å². The second-order valence-corrected chi connectivity index (χ2v) is 2.86. The molecule has 0 atom stereocenters. The number of hydrogen-bond acceptors (Lipinski definition) is 3. The lowest BCUT2D eigenvalue weighted by Gasteiger charge is -2.39. The summed E-state index contributed by atoms with van der Waals surface area (Å²) in [5.74, 6) is 0. The molecule has 0 radical (unpaired) electrons. The number of azide groups is 1. The standard InChI is InChI=1S/C6H11N3O2/c7-9-8-2-1-6(3-10)4-11-5-6/h10H,1-5H2. The topological polar surface area (TPSA) is 78.2 Å². The monoisotopic (exact) mass is 157 g/mol. The maximum Gasteiger partial charge on any atom is 0.0566 e. The predicted molar refractivity (Wildman–Crippen MR) is 39.0 cm³/mol. The van der Waals surface area contributed by atoms with Crippen LogP contribution in [0.15, 0.2) is 5.11 Å². The zero-order valence-corrected chi connectivity index (χ0v) is 6.23. The Kier molecular flexibility index (Phi) is 2.70. The molecular formula is C6H11N3O2. The van der Waals surface area contributed by atoms with Crippen molar-refractivity contribution in [1.29, 1.82) is 0 Å². The highest BCUT2D eigenvalue weighted by Crippen LogP contribution is 2.30. The van der Waals surface area contributed by atoms with Crippen molar-refractivity contribution in [2.24, 2.45) is 10.5 Å². The van der Waals surface area contributed by atoms with Gasteiger partial charge >= 0.3 is 0 Å². The lowest BCUT2D eigenvalue weighted by atomic mass is 9.83. The van der Waals surface area contributed by atoms with Gasteiger partial charge in [0.15, 0.2) is 0 Å². The van der Waals surface area contributed by atoms with E-state index in [0.29, 0.717) is 26.2 Å². The van der Waals surface area contributed by atoms with E-state index in [0.717, 1.165) is 0 Å². The lowest BCUT2D eigenvalue weighted by Crippen LogP contribution is -2.46. The van der Waals surface area contributed by atoms with E-state index in [9.17, 15) is 0 Å². The highest BCUT2D eigenvalue weighted by Gasteiger charge is 2.36. The van der Waals surface area contributed by atoms with E-state index in [4.69, 9.17) is 15.4 Å². The molecule has 11 heavy (non-hydrogen) atoms. The quantitative estimate of drug-likeness (QED) is 0.370. The van der Waals surface area contributed by atoms with Crippen LogP contribution in [0.2, 0.25) is 0 Å². The first kappa shape index (κ1) is 8.33. The molecule has 0 amide bonds. The van der Waals surface area contributed by atoms with E-state index in [1.54, 1.807) is 0 Å². The first-order chi connectivity index (χ1) is 5.33. The average Bonchev–Trinajstić information content (AvgIpc) is 1.95. The van der Waals surface area contributed by atoms with Gasteiger partial charge in [-0.25, -0.2) is 0 Å².